The van der Waals surface area contributed by atoms with Gasteiger partial charge in [-0.25, -0.2) is 0 Å². The van der Waals surface area contributed by atoms with Crippen LogP contribution >= 0.6 is 0 Å². The first-order valence-electron chi connectivity index (χ1n) is 5.80. The molecule has 0 amide bonds. The van der Waals surface area contributed by atoms with Gasteiger partial charge in [0.05, 0.1) is 11.6 Å². The van der Waals surface area contributed by atoms with Crippen LogP contribution in [0.3, 0.4) is 0 Å². The van der Waals surface area contributed by atoms with E-state index in [4.69, 9.17) is 5.26 Å². The summed E-state index contributed by atoms with van der Waals surface area (Å²) in [6.07, 6.45) is 7.18. The van der Waals surface area contributed by atoms with E-state index in [9.17, 15) is 0 Å². The highest BCUT2D eigenvalue weighted by molar-refractivity contribution is 5.48. The molecule has 80 valence electrons. The fraction of sp³-hybridized carbons (Fsp3) is 0.357. The van der Waals surface area contributed by atoms with Gasteiger partial charge in [0, 0.05) is 17.6 Å². The number of allylic oxidation sites excluding steroid dienone is 1. The highest BCUT2D eigenvalue weighted by Crippen LogP contribution is 2.43. The minimum Gasteiger partial charge on any atom is -0.382 e. The summed E-state index contributed by atoms with van der Waals surface area (Å²) in [5.74, 6) is 1.62. The molecule has 1 N–H and O–H groups in total. The van der Waals surface area contributed by atoms with Gasteiger partial charge in [0.15, 0.2) is 0 Å². The van der Waals surface area contributed by atoms with Crippen molar-refractivity contribution in [2.45, 2.75) is 18.9 Å². The highest BCUT2D eigenvalue weighted by atomic mass is 14.9. The van der Waals surface area contributed by atoms with Crippen LogP contribution in [0.5, 0.6) is 0 Å². The van der Waals surface area contributed by atoms with Crippen molar-refractivity contribution < 1.29 is 0 Å². The van der Waals surface area contributed by atoms with E-state index in [0.29, 0.717) is 6.04 Å². The second-order valence-electron chi connectivity index (χ2n) is 4.68. The second kappa shape index (κ2) is 3.68. The average Bonchev–Trinajstić information content (AvgIpc) is 2.68. The van der Waals surface area contributed by atoms with Crippen LogP contribution < -0.4 is 5.32 Å². The molecule has 0 spiro atoms. The number of hydrogen-bond donors (Lipinski definition) is 1. The van der Waals surface area contributed by atoms with E-state index in [1.807, 2.05) is 24.3 Å². The highest BCUT2D eigenvalue weighted by Gasteiger charge is 2.40. The molecule has 0 radical (unpaired) electrons. The Bertz CT molecular complexity index is 453. The summed E-state index contributed by atoms with van der Waals surface area (Å²) in [7, 11) is 0. The first-order chi connectivity index (χ1) is 7.86. The van der Waals surface area contributed by atoms with Crippen LogP contribution in [0.2, 0.25) is 0 Å². The molecule has 16 heavy (non-hydrogen) atoms. The zero-order valence-corrected chi connectivity index (χ0v) is 9.06. The number of anilines is 1. The van der Waals surface area contributed by atoms with Gasteiger partial charge in [-0.1, -0.05) is 12.2 Å². The zero-order chi connectivity index (χ0) is 11.0. The molecule has 1 fully saturated rings. The lowest BCUT2D eigenvalue weighted by atomic mass is 9.71. The Labute approximate surface area is 95.6 Å². The fourth-order valence-electron chi connectivity index (χ4n) is 2.74. The molecule has 1 saturated carbocycles. The van der Waals surface area contributed by atoms with Crippen molar-refractivity contribution in [3.05, 3.63) is 42.0 Å². The topological polar surface area (TPSA) is 35.8 Å². The Kier molecular flexibility index (Phi) is 2.18. The average molecular weight is 210 g/mol. The summed E-state index contributed by atoms with van der Waals surface area (Å²) >= 11 is 0. The van der Waals surface area contributed by atoms with Gasteiger partial charge in [0.1, 0.15) is 0 Å². The Hall–Kier alpha value is -1.75. The molecule has 1 aromatic carbocycles. The number of nitriles is 1. The molecule has 0 aliphatic heterocycles. The molecule has 0 heterocycles. The number of rotatable bonds is 2. The summed E-state index contributed by atoms with van der Waals surface area (Å²) in [4.78, 5) is 0. The number of nitrogens with one attached hydrogen (secondary N) is 1. The van der Waals surface area contributed by atoms with Crippen molar-refractivity contribution in [3.63, 3.8) is 0 Å². The zero-order valence-electron chi connectivity index (χ0n) is 9.06. The minimum atomic E-state index is 0.594. The van der Waals surface area contributed by atoms with Crippen LogP contribution in [0.4, 0.5) is 5.69 Å². The Balaban J connectivity index is 1.66. The van der Waals surface area contributed by atoms with E-state index in [2.05, 4.69) is 23.5 Å². The predicted octanol–water partition coefficient (Wildman–Crippen LogP) is 2.93. The lowest BCUT2D eigenvalue weighted by Gasteiger charge is -2.41. The summed E-state index contributed by atoms with van der Waals surface area (Å²) < 4.78 is 0. The largest absolute Gasteiger partial charge is 0.382 e. The van der Waals surface area contributed by atoms with Gasteiger partial charge >= 0.3 is 0 Å². The van der Waals surface area contributed by atoms with Gasteiger partial charge in [-0.15, -0.1) is 0 Å². The number of benzene rings is 1. The molecule has 3 unspecified atom stereocenters. The van der Waals surface area contributed by atoms with E-state index < -0.39 is 0 Å². The third-order valence-electron chi connectivity index (χ3n) is 3.73. The van der Waals surface area contributed by atoms with Crippen molar-refractivity contribution in [1.82, 2.24) is 0 Å². The first-order valence-corrected chi connectivity index (χ1v) is 5.80. The Morgan fingerprint density at radius 1 is 1.25 bits per heavy atom. The quantitative estimate of drug-likeness (QED) is 0.762. The molecular weight excluding hydrogens is 196 g/mol. The van der Waals surface area contributed by atoms with Gasteiger partial charge in [-0.05, 0) is 43.0 Å². The first kappa shape index (κ1) is 9.47. The van der Waals surface area contributed by atoms with Crippen molar-refractivity contribution in [2.75, 3.05) is 5.32 Å². The van der Waals surface area contributed by atoms with E-state index in [-0.39, 0.29) is 0 Å². The molecule has 2 aliphatic carbocycles. The Morgan fingerprint density at radius 3 is 2.75 bits per heavy atom. The second-order valence-corrected chi connectivity index (χ2v) is 4.68. The van der Waals surface area contributed by atoms with Crippen molar-refractivity contribution in [1.29, 1.82) is 5.26 Å². The molecule has 2 aliphatic rings. The Morgan fingerprint density at radius 2 is 2.06 bits per heavy atom. The monoisotopic (exact) mass is 210 g/mol. The lowest BCUT2D eigenvalue weighted by Crippen LogP contribution is -2.43. The van der Waals surface area contributed by atoms with Crippen molar-refractivity contribution in [2.24, 2.45) is 11.8 Å². The molecule has 0 saturated heterocycles. The summed E-state index contributed by atoms with van der Waals surface area (Å²) in [5, 5.41) is 12.3. The third-order valence-corrected chi connectivity index (χ3v) is 3.73. The van der Waals surface area contributed by atoms with Crippen LogP contribution in [-0.4, -0.2) is 6.04 Å². The molecule has 2 nitrogen and oxygen atoms in total. The molecule has 3 atom stereocenters. The van der Waals surface area contributed by atoms with Crippen LogP contribution in [0.1, 0.15) is 18.4 Å². The normalized spacial score (nSPS) is 30.3. The maximum atomic E-state index is 8.71. The summed E-state index contributed by atoms with van der Waals surface area (Å²) in [5.41, 5.74) is 1.85. The molecule has 3 rings (SSSR count). The van der Waals surface area contributed by atoms with Crippen molar-refractivity contribution >= 4 is 5.69 Å². The minimum absolute atomic E-state index is 0.594. The van der Waals surface area contributed by atoms with Crippen LogP contribution in [0.25, 0.3) is 0 Å². The predicted molar refractivity (Wildman–Crippen MR) is 63.9 cm³/mol. The van der Waals surface area contributed by atoms with Gasteiger partial charge in [-0.2, -0.15) is 5.26 Å². The van der Waals surface area contributed by atoms with Gasteiger partial charge < -0.3 is 5.32 Å². The number of fused-ring (bicyclic) bond motifs is 1. The maximum Gasteiger partial charge on any atom is 0.0991 e. The number of hydrogen-bond acceptors (Lipinski definition) is 2. The van der Waals surface area contributed by atoms with E-state index in [1.54, 1.807) is 0 Å². The maximum absolute atomic E-state index is 8.71. The van der Waals surface area contributed by atoms with E-state index in [0.717, 1.165) is 23.1 Å². The van der Waals surface area contributed by atoms with E-state index >= 15 is 0 Å². The van der Waals surface area contributed by atoms with Crippen molar-refractivity contribution in [3.8, 4) is 6.07 Å². The fourth-order valence-corrected chi connectivity index (χ4v) is 2.74. The molecule has 0 bridgehead atoms. The van der Waals surface area contributed by atoms with Crippen LogP contribution in [0, 0.1) is 23.2 Å². The van der Waals surface area contributed by atoms with Crippen LogP contribution in [0.15, 0.2) is 36.4 Å². The standard InChI is InChI=1S/C14H14N2/c15-9-10-4-6-12(7-5-10)16-14-8-11-2-1-3-13(11)14/h1,3-7,11,13-14,16H,2,8H2. The van der Waals surface area contributed by atoms with Gasteiger partial charge in [-0.3, -0.25) is 0 Å². The number of nitrogens with zero attached hydrogens (tertiary/aromatic N) is 1. The molecule has 2 heteroatoms. The molecule has 0 aromatic heterocycles. The van der Waals surface area contributed by atoms with Gasteiger partial charge in [0.25, 0.3) is 0 Å². The van der Waals surface area contributed by atoms with Gasteiger partial charge in [0.2, 0.25) is 0 Å². The van der Waals surface area contributed by atoms with E-state index in [1.165, 1.54) is 12.8 Å². The van der Waals surface area contributed by atoms with Crippen LogP contribution in [-0.2, 0) is 0 Å². The summed E-state index contributed by atoms with van der Waals surface area (Å²) in [6, 6.07) is 10.4. The third kappa shape index (κ3) is 1.49. The summed E-state index contributed by atoms with van der Waals surface area (Å²) in [6.45, 7) is 0. The smallest absolute Gasteiger partial charge is 0.0991 e. The SMILES string of the molecule is N#Cc1ccc(NC2CC3CC=CC32)cc1. The lowest BCUT2D eigenvalue weighted by molar-refractivity contribution is 0.218. The molecule has 1 aromatic rings. The molecular formula is C14H14N2.